The van der Waals surface area contributed by atoms with Crippen molar-refractivity contribution in [3.05, 3.63) is 0 Å². The van der Waals surface area contributed by atoms with Crippen LogP contribution >= 0.6 is 0 Å². The molecule has 1 aliphatic heterocycles. The summed E-state index contributed by atoms with van der Waals surface area (Å²) in [4.78, 5) is 12.5. The molecule has 1 heterocycles. The van der Waals surface area contributed by atoms with Gasteiger partial charge < -0.3 is 10.8 Å². The lowest BCUT2D eigenvalue weighted by Crippen LogP contribution is -2.31. The number of carbonyl (C=O) groups excluding carboxylic acids is 1. The number of nitrogens with two attached hydrogens (primary N) is 1. The first-order valence-electron chi connectivity index (χ1n) is 4.23. The van der Waals surface area contributed by atoms with E-state index >= 15 is 0 Å². The van der Waals surface area contributed by atoms with Gasteiger partial charge in [0.05, 0.1) is 5.60 Å². The number of aliphatic hydroxyl groups is 1. The Balaban J connectivity index is 2.24. The third-order valence-corrected chi connectivity index (χ3v) is 2.21. The van der Waals surface area contributed by atoms with Crippen molar-refractivity contribution in [3.8, 4) is 0 Å². The van der Waals surface area contributed by atoms with Crippen LogP contribution in [-0.2, 0) is 4.79 Å². The van der Waals surface area contributed by atoms with Crippen LogP contribution < -0.4 is 5.73 Å². The second-order valence-electron chi connectivity index (χ2n) is 3.74. The minimum Gasteiger partial charge on any atom is -0.389 e. The van der Waals surface area contributed by atoms with Crippen LogP contribution in [0.25, 0.3) is 0 Å². The minimum atomic E-state index is -0.572. The number of nitrogens with zero attached hydrogens (tertiary/aromatic N) is 1. The molecule has 1 atom stereocenters. The summed E-state index contributed by atoms with van der Waals surface area (Å²) < 4.78 is 0. The highest BCUT2D eigenvalue weighted by Gasteiger charge is 2.30. The van der Waals surface area contributed by atoms with Crippen molar-refractivity contribution in [2.24, 2.45) is 5.73 Å². The van der Waals surface area contributed by atoms with Crippen molar-refractivity contribution in [2.75, 3.05) is 19.6 Å². The van der Waals surface area contributed by atoms with Gasteiger partial charge in [0.25, 0.3) is 0 Å². The summed E-state index contributed by atoms with van der Waals surface area (Å²) in [6.45, 7) is 4.00. The molecule has 0 saturated carbocycles. The van der Waals surface area contributed by atoms with E-state index in [1.165, 1.54) is 0 Å². The maximum absolute atomic E-state index is 10.5. The number of likely N-dealkylation sites (tertiary alicyclic amines) is 1. The standard InChI is InChI=1S/C8H16N2O2/c1-8(12)3-5-10(6-8)4-2-7(9)11/h12H,2-6H2,1H3,(H2,9,11). The highest BCUT2D eigenvalue weighted by molar-refractivity contribution is 5.73. The molecule has 1 saturated heterocycles. The topological polar surface area (TPSA) is 66.6 Å². The summed E-state index contributed by atoms with van der Waals surface area (Å²) in [5.74, 6) is -0.276. The third-order valence-electron chi connectivity index (χ3n) is 2.21. The van der Waals surface area contributed by atoms with Crippen LogP contribution in [0.5, 0.6) is 0 Å². The van der Waals surface area contributed by atoms with Gasteiger partial charge in [-0.3, -0.25) is 9.69 Å². The zero-order valence-corrected chi connectivity index (χ0v) is 7.42. The first-order chi connectivity index (χ1) is 5.49. The van der Waals surface area contributed by atoms with Crippen LogP contribution in [0, 0.1) is 0 Å². The molecule has 0 spiro atoms. The molecule has 0 aromatic rings. The van der Waals surface area contributed by atoms with Crippen LogP contribution in [0.1, 0.15) is 19.8 Å². The van der Waals surface area contributed by atoms with E-state index in [1.807, 2.05) is 6.92 Å². The average molecular weight is 172 g/mol. The molecule has 3 N–H and O–H groups in total. The molecule has 4 nitrogen and oxygen atoms in total. The molecule has 12 heavy (non-hydrogen) atoms. The fourth-order valence-electron chi connectivity index (χ4n) is 1.50. The number of carbonyl (C=O) groups is 1. The van der Waals surface area contributed by atoms with Gasteiger partial charge in [0.2, 0.25) is 5.91 Å². The second kappa shape index (κ2) is 3.41. The highest BCUT2D eigenvalue weighted by Crippen LogP contribution is 2.19. The number of amides is 1. The lowest BCUT2D eigenvalue weighted by molar-refractivity contribution is -0.118. The van der Waals surface area contributed by atoms with Gasteiger partial charge in [0, 0.05) is 26.1 Å². The fraction of sp³-hybridized carbons (Fsp3) is 0.875. The van der Waals surface area contributed by atoms with Crippen molar-refractivity contribution in [3.63, 3.8) is 0 Å². The Bertz CT molecular complexity index is 180. The zero-order valence-electron chi connectivity index (χ0n) is 7.42. The van der Waals surface area contributed by atoms with E-state index in [0.717, 1.165) is 13.0 Å². The van der Waals surface area contributed by atoms with Gasteiger partial charge in [-0.1, -0.05) is 0 Å². The van der Waals surface area contributed by atoms with E-state index < -0.39 is 5.60 Å². The van der Waals surface area contributed by atoms with Gasteiger partial charge in [-0.05, 0) is 13.3 Å². The molecule has 1 aliphatic rings. The first-order valence-corrected chi connectivity index (χ1v) is 4.23. The summed E-state index contributed by atoms with van der Waals surface area (Å²) in [5.41, 5.74) is 4.44. The maximum Gasteiger partial charge on any atom is 0.218 e. The van der Waals surface area contributed by atoms with Gasteiger partial charge in [0.15, 0.2) is 0 Å². The summed E-state index contributed by atoms with van der Waals surface area (Å²) >= 11 is 0. The Hall–Kier alpha value is -0.610. The van der Waals surface area contributed by atoms with E-state index in [0.29, 0.717) is 19.5 Å². The molecule has 0 aromatic carbocycles. The number of hydrogen-bond acceptors (Lipinski definition) is 3. The molecule has 1 amide bonds. The van der Waals surface area contributed by atoms with Crippen LogP contribution in [0.15, 0.2) is 0 Å². The maximum atomic E-state index is 10.5. The Labute approximate surface area is 72.3 Å². The Morgan fingerprint density at radius 2 is 2.42 bits per heavy atom. The van der Waals surface area contributed by atoms with Crippen LogP contribution in [-0.4, -0.2) is 41.1 Å². The number of rotatable bonds is 3. The molecular weight excluding hydrogens is 156 g/mol. The Morgan fingerprint density at radius 1 is 1.75 bits per heavy atom. The average Bonchev–Trinajstić information content (AvgIpc) is 2.26. The van der Waals surface area contributed by atoms with E-state index in [1.54, 1.807) is 0 Å². The molecule has 0 aliphatic carbocycles. The van der Waals surface area contributed by atoms with Crippen LogP contribution in [0.2, 0.25) is 0 Å². The predicted molar refractivity (Wildman–Crippen MR) is 45.5 cm³/mol. The normalized spacial score (nSPS) is 30.8. The predicted octanol–water partition coefficient (Wildman–Crippen LogP) is -0.681. The Morgan fingerprint density at radius 3 is 2.83 bits per heavy atom. The lowest BCUT2D eigenvalue weighted by atomic mass is 10.1. The SMILES string of the molecule is CC1(O)CCN(CCC(N)=O)C1. The van der Waals surface area contributed by atoms with Crippen LogP contribution in [0.3, 0.4) is 0 Å². The molecule has 4 heteroatoms. The molecule has 0 bridgehead atoms. The van der Waals surface area contributed by atoms with Crippen molar-refractivity contribution in [1.29, 1.82) is 0 Å². The zero-order chi connectivity index (χ0) is 9.19. The molecule has 1 fully saturated rings. The fourth-order valence-corrected chi connectivity index (χ4v) is 1.50. The van der Waals surface area contributed by atoms with Gasteiger partial charge in [-0.25, -0.2) is 0 Å². The largest absolute Gasteiger partial charge is 0.389 e. The molecule has 0 radical (unpaired) electrons. The smallest absolute Gasteiger partial charge is 0.218 e. The van der Waals surface area contributed by atoms with Crippen molar-refractivity contribution in [1.82, 2.24) is 4.90 Å². The van der Waals surface area contributed by atoms with Gasteiger partial charge in [0.1, 0.15) is 0 Å². The van der Waals surface area contributed by atoms with Crippen LogP contribution in [0.4, 0.5) is 0 Å². The van der Waals surface area contributed by atoms with E-state index in [4.69, 9.17) is 5.73 Å². The van der Waals surface area contributed by atoms with Crippen molar-refractivity contribution in [2.45, 2.75) is 25.4 Å². The van der Waals surface area contributed by atoms with E-state index in [-0.39, 0.29) is 5.91 Å². The minimum absolute atomic E-state index is 0.276. The molecule has 1 rings (SSSR count). The highest BCUT2D eigenvalue weighted by atomic mass is 16.3. The van der Waals surface area contributed by atoms with Crippen molar-refractivity contribution < 1.29 is 9.90 Å². The Kier molecular flexibility index (Phi) is 2.69. The first kappa shape index (κ1) is 9.48. The number of β-amino-alcohol motifs (C(OH)–C–C–N with tert-alkyl or cyclic N) is 1. The third kappa shape index (κ3) is 2.79. The van der Waals surface area contributed by atoms with Gasteiger partial charge in [-0.15, -0.1) is 0 Å². The lowest BCUT2D eigenvalue weighted by Gasteiger charge is -2.17. The summed E-state index contributed by atoms with van der Waals surface area (Å²) in [7, 11) is 0. The number of primary amides is 1. The molecule has 0 aromatic heterocycles. The van der Waals surface area contributed by atoms with E-state index in [2.05, 4.69) is 4.90 Å². The van der Waals surface area contributed by atoms with E-state index in [9.17, 15) is 9.90 Å². The summed E-state index contributed by atoms with van der Waals surface area (Å²) in [6, 6.07) is 0. The molecule has 70 valence electrons. The second-order valence-corrected chi connectivity index (χ2v) is 3.74. The quantitative estimate of drug-likeness (QED) is 0.592. The van der Waals surface area contributed by atoms with Gasteiger partial charge in [-0.2, -0.15) is 0 Å². The van der Waals surface area contributed by atoms with Crippen molar-refractivity contribution >= 4 is 5.91 Å². The summed E-state index contributed by atoms with van der Waals surface area (Å²) in [6.07, 6.45) is 1.17. The monoisotopic (exact) mass is 172 g/mol. The number of hydrogen-bond donors (Lipinski definition) is 2. The summed E-state index contributed by atoms with van der Waals surface area (Å²) in [5, 5.41) is 9.57. The van der Waals surface area contributed by atoms with Gasteiger partial charge >= 0.3 is 0 Å². The molecule has 1 unspecified atom stereocenters. The molecular formula is C8H16N2O2.